The first-order chi connectivity index (χ1) is 23.2. The number of hydrogen-bond acceptors (Lipinski definition) is 9. The minimum absolute atomic E-state index is 0.0126. The van der Waals surface area contributed by atoms with Gasteiger partial charge in [-0.1, -0.05) is 95.2 Å². The van der Waals surface area contributed by atoms with Crippen molar-refractivity contribution in [1.29, 1.82) is 0 Å². The maximum Gasteiger partial charge on any atom is 0.341 e. The van der Waals surface area contributed by atoms with Gasteiger partial charge in [0.05, 0.1) is 19.0 Å². The van der Waals surface area contributed by atoms with Gasteiger partial charge >= 0.3 is 10.1 Å². The molecule has 1 saturated heterocycles. The summed E-state index contributed by atoms with van der Waals surface area (Å²) < 4.78 is 57.2. The van der Waals surface area contributed by atoms with Gasteiger partial charge in [-0.25, -0.2) is 9.97 Å². The van der Waals surface area contributed by atoms with E-state index in [1.165, 1.54) is 0 Å². The number of aromatic nitrogens is 4. The summed E-state index contributed by atoms with van der Waals surface area (Å²) in [6, 6.07) is 3.99. The third kappa shape index (κ3) is 9.10. The number of hydrogen-bond donors (Lipinski definition) is 0. The van der Waals surface area contributed by atoms with Crippen molar-refractivity contribution in [3.8, 4) is 5.88 Å². The Morgan fingerprint density at radius 3 is 1.94 bits per heavy atom. The van der Waals surface area contributed by atoms with Gasteiger partial charge in [0, 0.05) is 29.0 Å². The lowest BCUT2D eigenvalue weighted by Gasteiger charge is -2.40. The molecule has 3 aromatic rings. The van der Waals surface area contributed by atoms with Crippen LogP contribution in [0.1, 0.15) is 130 Å². The molecule has 10 nitrogen and oxygen atoms in total. The zero-order chi connectivity index (χ0) is 38.6. The van der Waals surface area contributed by atoms with Crippen LogP contribution in [-0.2, 0) is 23.7 Å². The molecule has 0 bridgehead atoms. The molecule has 3 heterocycles. The Labute approximate surface area is 322 Å². The van der Waals surface area contributed by atoms with Crippen LogP contribution in [-0.4, -0.2) is 63.4 Å². The highest BCUT2D eigenvalue weighted by atomic mass is 127. The second kappa shape index (κ2) is 15.0. The second-order valence-corrected chi connectivity index (χ2v) is 30.0. The molecule has 0 aliphatic carbocycles. The molecule has 51 heavy (non-hydrogen) atoms. The Morgan fingerprint density at radius 1 is 0.902 bits per heavy atom. The highest BCUT2D eigenvalue weighted by Crippen LogP contribution is 2.44. The molecule has 4 rings (SSSR count). The van der Waals surface area contributed by atoms with Crippen molar-refractivity contribution in [3.05, 3.63) is 39.0 Å². The van der Waals surface area contributed by atoms with Gasteiger partial charge in [-0.05, 0) is 70.7 Å². The van der Waals surface area contributed by atoms with Gasteiger partial charge in [0.1, 0.15) is 17.2 Å². The third-order valence-corrected chi connectivity index (χ3v) is 21.9. The van der Waals surface area contributed by atoms with Gasteiger partial charge in [-0.15, -0.1) is 0 Å². The van der Waals surface area contributed by atoms with Crippen LogP contribution >= 0.6 is 22.6 Å². The molecule has 0 amide bonds. The summed E-state index contributed by atoms with van der Waals surface area (Å²) in [5.74, 6) is 0.0424. The van der Waals surface area contributed by atoms with Crippen LogP contribution in [0.3, 0.4) is 0 Å². The first-order valence-electron chi connectivity index (χ1n) is 18.2. The fraction of sp³-hybridized carbons (Fsp3) is 0.703. The molecule has 0 unspecified atom stereocenters. The molecular formula is C37H61IN4O6SSi2. The van der Waals surface area contributed by atoms with E-state index < -0.39 is 33.0 Å². The van der Waals surface area contributed by atoms with Gasteiger partial charge < -0.3 is 17.8 Å². The summed E-state index contributed by atoms with van der Waals surface area (Å²) in [5, 5.41) is 0.0622. The van der Waals surface area contributed by atoms with Crippen molar-refractivity contribution in [3.63, 3.8) is 0 Å². The Kier molecular flexibility index (Phi) is 12.4. The zero-order valence-electron chi connectivity index (χ0n) is 33.6. The molecule has 286 valence electrons. The summed E-state index contributed by atoms with van der Waals surface area (Å²) in [6.07, 6.45) is 1.24. The van der Waals surface area contributed by atoms with Gasteiger partial charge in [0.25, 0.3) is 5.88 Å². The summed E-state index contributed by atoms with van der Waals surface area (Å²) in [4.78, 5) is 14.0. The topological polar surface area (TPSA) is 115 Å². The van der Waals surface area contributed by atoms with E-state index >= 15 is 0 Å². The molecular weight excluding hydrogens is 812 g/mol. The number of nitrogens with zero attached hydrogens (tertiary/aromatic N) is 4. The quantitative estimate of drug-likeness (QED) is 0.0759. The Bertz CT molecular complexity index is 1800. The van der Waals surface area contributed by atoms with E-state index in [-0.39, 0.29) is 56.3 Å². The molecule has 0 spiro atoms. The van der Waals surface area contributed by atoms with E-state index in [1.807, 2.05) is 67.0 Å². The minimum atomic E-state index is -4.31. The van der Waals surface area contributed by atoms with Gasteiger partial charge in [0.2, 0.25) is 0 Å². The monoisotopic (exact) mass is 872 g/mol. The minimum Gasteiger partial charge on any atom is -0.414 e. The van der Waals surface area contributed by atoms with Crippen LogP contribution in [0.4, 0.5) is 0 Å². The van der Waals surface area contributed by atoms with E-state index in [0.29, 0.717) is 22.5 Å². The molecule has 14 heteroatoms. The molecule has 1 aliphatic rings. The summed E-state index contributed by atoms with van der Waals surface area (Å²) in [5.41, 5.74) is 3.24. The van der Waals surface area contributed by atoms with Crippen molar-refractivity contribution in [2.75, 3.05) is 6.61 Å². The SMILES string of the molecule is CC(C)c1cc(C(C)C)c(S(=O)(=O)Oc2nc(I)nc3c2ncn3[C@H]2C[C@H](O[Si](C)(C)C(C)(C)C)[C@@H](CO[Si](C)(C)C(C)(C)C)O2)c(C(C)C)c1. The Morgan fingerprint density at radius 2 is 1.45 bits per heavy atom. The van der Waals surface area contributed by atoms with Crippen LogP contribution in [0.5, 0.6) is 5.88 Å². The van der Waals surface area contributed by atoms with Crippen molar-refractivity contribution in [2.24, 2.45) is 0 Å². The summed E-state index contributed by atoms with van der Waals surface area (Å²) in [6.45, 7) is 35.1. The second-order valence-electron chi connectivity index (χ2n) is 18.0. The normalized spacial score (nSPS) is 19.6. The largest absolute Gasteiger partial charge is 0.414 e. The summed E-state index contributed by atoms with van der Waals surface area (Å²) in [7, 11) is -8.54. The fourth-order valence-corrected chi connectivity index (χ4v) is 10.1. The number of rotatable bonds is 12. The van der Waals surface area contributed by atoms with Gasteiger partial charge in [-0.3, -0.25) is 4.57 Å². The zero-order valence-corrected chi connectivity index (χ0v) is 38.6. The third-order valence-electron chi connectivity index (χ3n) is 11.0. The van der Waals surface area contributed by atoms with Crippen LogP contribution in [0, 0.1) is 3.83 Å². The highest BCUT2D eigenvalue weighted by molar-refractivity contribution is 14.1. The van der Waals surface area contributed by atoms with Crippen molar-refractivity contribution >= 4 is 60.5 Å². The first kappa shape index (κ1) is 42.3. The van der Waals surface area contributed by atoms with Crippen molar-refractivity contribution in [1.82, 2.24) is 19.5 Å². The van der Waals surface area contributed by atoms with E-state index in [9.17, 15) is 8.42 Å². The molecule has 0 radical (unpaired) electrons. The lowest BCUT2D eigenvalue weighted by atomic mass is 9.89. The van der Waals surface area contributed by atoms with Gasteiger partial charge in [0.15, 0.2) is 31.6 Å². The van der Waals surface area contributed by atoms with Crippen LogP contribution in [0.2, 0.25) is 36.3 Å². The Hall–Kier alpha value is -1.44. The number of fused-ring (bicyclic) bond motifs is 1. The lowest BCUT2D eigenvalue weighted by molar-refractivity contribution is -0.0383. The molecule has 0 N–H and O–H groups in total. The van der Waals surface area contributed by atoms with Crippen LogP contribution in [0.25, 0.3) is 11.2 Å². The molecule has 1 aromatic carbocycles. The molecule has 2 aromatic heterocycles. The maximum absolute atomic E-state index is 14.3. The van der Waals surface area contributed by atoms with Crippen LogP contribution < -0.4 is 4.18 Å². The first-order valence-corrected chi connectivity index (χ1v) is 26.5. The summed E-state index contributed by atoms with van der Waals surface area (Å²) >= 11 is 1.99. The van der Waals surface area contributed by atoms with Crippen molar-refractivity contribution in [2.45, 2.75) is 167 Å². The number of imidazole rings is 1. The predicted molar refractivity (Wildman–Crippen MR) is 218 cm³/mol. The fourth-order valence-electron chi connectivity index (χ4n) is 5.67. The average Bonchev–Trinajstić information content (AvgIpc) is 3.57. The van der Waals surface area contributed by atoms with Crippen molar-refractivity contribution < 1.29 is 26.2 Å². The highest BCUT2D eigenvalue weighted by Gasteiger charge is 2.47. The van der Waals surface area contributed by atoms with Crippen LogP contribution in [0.15, 0.2) is 23.4 Å². The molecule has 1 fully saturated rings. The van der Waals surface area contributed by atoms with Gasteiger partial charge in [-0.2, -0.15) is 13.4 Å². The number of ether oxygens (including phenoxy) is 1. The number of halogens is 1. The van der Waals surface area contributed by atoms with E-state index in [2.05, 4.69) is 91.5 Å². The lowest BCUT2D eigenvalue weighted by Crippen LogP contribution is -2.48. The predicted octanol–water partition coefficient (Wildman–Crippen LogP) is 10.3. The Balaban J connectivity index is 1.75. The molecule has 1 aliphatic heterocycles. The van der Waals surface area contributed by atoms with E-state index in [0.717, 1.165) is 16.7 Å². The number of benzene rings is 1. The molecule has 3 atom stereocenters. The average molecular weight is 873 g/mol. The molecule has 0 saturated carbocycles. The smallest absolute Gasteiger partial charge is 0.341 e. The van der Waals surface area contributed by atoms with E-state index in [4.69, 9.17) is 22.8 Å². The standard InChI is InChI=1S/C37H61IN4O6SSi2/c1-22(2)25-17-26(23(3)4)32(27(18-25)24(5)6)49(43,44)47-34-31-33(40-35(38)41-34)42(21-39-31)30-19-28(48-51(15,16)37(10,11)12)29(46-30)20-45-50(13,14)36(7,8)9/h17-18,21-24,28-30H,19-20H2,1-16H3/t28-,29+,30+/m0/s1. The van der Waals surface area contributed by atoms with E-state index in [1.54, 1.807) is 6.33 Å². The maximum atomic E-state index is 14.3.